The molecule has 0 bridgehead atoms. The highest BCUT2D eigenvalue weighted by atomic mass is 16.5. The minimum absolute atomic E-state index is 0. The van der Waals surface area contributed by atoms with Crippen molar-refractivity contribution in [2.45, 2.75) is 34.1 Å². The third-order valence-corrected chi connectivity index (χ3v) is 4.56. The second kappa shape index (κ2) is 8.20. The SMILES string of the molecule is C.CCN(CC)CCOc1ccc2[nH]c(=O)c3c(c2c1)NCCC3. The van der Waals surface area contributed by atoms with Crippen LogP contribution in [0.5, 0.6) is 5.75 Å². The number of likely N-dealkylation sites (N-methyl/N-ethyl adjacent to an activating group) is 1. The van der Waals surface area contributed by atoms with Crippen LogP contribution in [-0.2, 0) is 6.42 Å². The Morgan fingerprint density at radius 3 is 2.79 bits per heavy atom. The molecule has 132 valence electrons. The van der Waals surface area contributed by atoms with Crippen LogP contribution in [0.2, 0.25) is 0 Å². The molecule has 0 unspecified atom stereocenters. The molecule has 0 saturated carbocycles. The average molecular weight is 331 g/mol. The number of nitrogens with one attached hydrogen (secondary N) is 2. The maximum absolute atomic E-state index is 12.1. The van der Waals surface area contributed by atoms with Crippen LogP contribution in [0.3, 0.4) is 0 Å². The highest BCUT2D eigenvalue weighted by Crippen LogP contribution is 2.30. The Balaban J connectivity index is 0.00000208. The Bertz CT molecular complexity index is 735. The fourth-order valence-corrected chi connectivity index (χ4v) is 3.15. The van der Waals surface area contributed by atoms with Crippen LogP contribution < -0.4 is 15.6 Å². The molecule has 5 nitrogen and oxygen atoms in total. The maximum Gasteiger partial charge on any atom is 0.253 e. The summed E-state index contributed by atoms with van der Waals surface area (Å²) in [5, 5.41) is 4.42. The number of hydrogen-bond acceptors (Lipinski definition) is 4. The number of rotatable bonds is 6. The summed E-state index contributed by atoms with van der Waals surface area (Å²) in [7, 11) is 0. The molecule has 0 spiro atoms. The molecule has 0 saturated heterocycles. The van der Waals surface area contributed by atoms with Gasteiger partial charge in [0, 0.05) is 24.0 Å². The van der Waals surface area contributed by atoms with E-state index in [9.17, 15) is 4.79 Å². The average Bonchev–Trinajstić information content (AvgIpc) is 2.59. The Morgan fingerprint density at radius 2 is 2.04 bits per heavy atom. The van der Waals surface area contributed by atoms with E-state index < -0.39 is 0 Å². The van der Waals surface area contributed by atoms with Gasteiger partial charge in [0.15, 0.2) is 0 Å². The van der Waals surface area contributed by atoms with Gasteiger partial charge in [0.1, 0.15) is 12.4 Å². The smallest absolute Gasteiger partial charge is 0.253 e. The second-order valence-electron chi connectivity index (χ2n) is 5.92. The number of hydrogen-bond donors (Lipinski definition) is 2. The maximum atomic E-state index is 12.1. The largest absolute Gasteiger partial charge is 0.492 e. The zero-order valence-corrected chi connectivity index (χ0v) is 13.9. The van der Waals surface area contributed by atoms with Crippen LogP contribution in [0.25, 0.3) is 10.9 Å². The fraction of sp³-hybridized carbons (Fsp3) is 0.526. The number of benzene rings is 1. The molecule has 2 heterocycles. The fourth-order valence-electron chi connectivity index (χ4n) is 3.15. The summed E-state index contributed by atoms with van der Waals surface area (Å²) in [5.41, 5.74) is 2.72. The van der Waals surface area contributed by atoms with E-state index in [-0.39, 0.29) is 13.0 Å². The van der Waals surface area contributed by atoms with Crippen molar-refractivity contribution in [3.63, 3.8) is 0 Å². The van der Waals surface area contributed by atoms with Gasteiger partial charge < -0.3 is 19.9 Å². The van der Waals surface area contributed by atoms with Crippen molar-refractivity contribution in [2.75, 3.05) is 38.1 Å². The van der Waals surface area contributed by atoms with E-state index in [1.165, 1.54) is 0 Å². The van der Waals surface area contributed by atoms with Gasteiger partial charge in [0.05, 0.1) is 11.2 Å². The van der Waals surface area contributed by atoms with Crippen molar-refractivity contribution >= 4 is 16.6 Å². The van der Waals surface area contributed by atoms with Crippen LogP contribution in [0.1, 0.15) is 33.3 Å². The van der Waals surface area contributed by atoms with Gasteiger partial charge in [-0.3, -0.25) is 4.79 Å². The lowest BCUT2D eigenvalue weighted by atomic mass is 10.0. The first-order valence-corrected chi connectivity index (χ1v) is 8.50. The molecule has 0 aliphatic carbocycles. The van der Waals surface area contributed by atoms with Crippen molar-refractivity contribution in [3.8, 4) is 5.75 Å². The normalized spacial score (nSPS) is 13.3. The molecule has 24 heavy (non-hydrogen) atoms. The molecule has 1 aromatic carbocycles. The van der Waals surface area contributed by atoms with Gasteiger partial charge in [-0.25, -0.2) is 0 Å². The Hall–Kier alpha value is -2.01. The predicted octanol–water partition coefficient (Wildman–Crippen LogP) is 3.24. The van der Waals surface area contributed by atoms with Crippen molar-refractivity contribution in [3.05, 3.63) is 34.1 Å². The number of nitrogens with zero attached hydrogens (tertiary/aromatic N) is 1. The zero-order valence-electron chi connectivity index (χ0n) is 13.9. The standard InChI is InChI=1S/C18H25N3O2.CH4/c1-3-21(4-2)10-11-23-13-7-8-16-15(12-13)17-14(18(22)20-16)6-5-9-19-17;/h7-8,12,19H,3-6,9-11H2,1-2H3,(H,20,22);1H4. The van der Waals surface area contributed by atoms with Gasteiger partial charge in [0.25, 0.3) is 5.56 Å². The summed E-state index contributed by atoms with van der Waals surface area (Å²) in [6.07, 6.45) is 1.84. The summed E-state index contributed by atoms with van der Waals surface area (Å²) in [6, 6.07) is 5.89. The number of H-pyrrole nitrogens is 1. The van der Waals surface area contributed by atoms with Crippen molar-refractivity contribution in [1.29, 1.82) is 0 Å². The van der Waals surface area contributed by atoms with E-state index in [0.29, 0.717) is 6.61 Å². The minimum Gasteiger partial charge on any atom is -0.492 e. The molecule has 5 heteroatoms. The quantitative estimate of drug-likeness (QED) is 0.853. The van der Waals surface area contributed by atoms with Gasteiger partial charge in [-0.15, -0.1) is 0 Å². The number of pyridine rings is 1. The van der Waals surface area contributed by atoms with Crippen LogP contribution in [0.4, 0.5) is 5.69 Å². The number of ether oxygens (including phenoxy) is 1. The topological polar surface area (TPSA) is 57.4 Å². The number of aromatic amines is 1. The van der Waals surface area contributed by atoms with Gasteiger partial charge in [-0.05, 0) is 44.1 Å². The number of fused-ring (bicyclic) bond motifs is 3. The van der Waals surface area contributed by atoms with Gasteiger partial charge in [-0.2, -0.15) is 0 Å². The third-order valence-electron chi connectivity index (χ3n) is 4.56. The van der Waals surface area contributed by atoms with Crippen LogP contribution in [-0.4, -0.2) is 42.7 Å². The van der Waals surface area contributed by atoms with Gasteiger partial charge in [0.2, 0.25) is 0 Å². The second-order valence-corrected chi connectivity index (χ2v) is 5.92. The predicted molar refractivity (Wildman–Crippen MR) is 101 cm³/mol. The summed E-state index contributed by atoms with van der Waals surface area (Å²) in [6.45, 7) is 8.91. The monoisotopic (exact) mass is 331 g/mol. The van der Waals surface area contributed by atoms with E-state index in [2.05, 4.69) is 29.0 Å². The van der Waals surface area contributed by atoms with Gasteiger partial charge >= 0.3 is 0 Å². The molecule has 1 aliphatic heterocycles. The Kier molecular flexibility index (Phi) is 6.26. The summed E-state index contributed by atoms with van der Waals surface area (Å²) in [5.74, 6) is 0.853. The highest BCUT2D eigenvalue weighted by molar-refractivity contribution is 5.94. The van der Waals surface area contributed by atoms with E-state index >= 15 is 0 Å². The van der Waals surface area contributed by atoms with Crippen LogP contribution in [0.15, 0.2) is 23.0 Å². The molecular weight excluding hydrogens is 302 g/mol. The van der Waals surface area contributed by atoms with E-state index in [1.807, 2.05) is 18.2 Å². The Labute approximate surface area is 144 Å². The lowest BCUT2D eigenvalue weighted by Crippen LogP contribution is -2.27. The lowest BCUT2D eigenvalue weighted by molar-refractivity contribution is 0.223. The van der Waals surface area contributed by atoms with Crippen molar-refractivity contribution in [2.24, 2.45) is 0 Å². The Morgan fingerprint density at radius 1 is 1.25 bits per heavy atom. The molecule has 0 atom stereocenters. The highest BCUT2D eigenvalue weighted by Gasteiger charge is 2.16. The van der Waals surface area contributed by atoms with Crippen molar-refractivity contribution < 1.29 is 4.74 Å². The first kappa shape index (κ1) is 18.3. The first-order chi connectivity index (χ1) is 11.2. The molecule has 0 amide bonds. The molecule has 2 N–H and O–H groups in total. The van der Waals surface area contributed by atoms with E-state index in [0.717, 1.165) is 66.9 Å². The number of anilines is 1. The van der Waals surface area contributed by atoms with Crippen LogP contribution >= 0.6 is 0 Å². The molecule has 1 aromatic heterocycles. The zero-order chi connectivity index (χ0) is 16.2. The first-order valence-electron chi connectivity index (χ1n) is 8.50. The summed E-state index contributed by atoms with van der Waals surface area (Å²) >= 11 is 0. The number of aromatic nitrogens is 1. The summed E-state index contributed by atoms with van der Waals surface area (Å²) in [4.78, 5) is 17.5. The van der Waals surface area contributed by atoms with E-state index in [4.69, 9.17) is 4.74 Å². The summed E-state index contributed by atoms with van der Waals surface area (Å²) < 4.78 is 5.91. The minimum atomic E-state index is 0. The molecule has 3 rings (SSSR count). The van der Waals surface area contributed by atoms with Crippen LogP contribution in [0, 0.1) is 0 Å². The molecule has 0 radical (unpaired) electrons. The van der Waals surface area contributed by atoms with E-state index in [1.54, 1.807) is 0 Å². The third kappa shape index (κ3) is 3.73. The molecule has 0 fully saturated rings. The molecule has 2 aromatic rings. The lowest BCUT2D eigenvalue weighted by Gasteiger charge is -2.20. The van der Waals surface area contributed by atoms with Crippen molar-refractivity contribution in [1.82, 2.24) is 9.88 Å². The molecular formula is C19H29N3O2. The molecule has 1 aliphatic rings. The van der Waals surface area contributed by atoms with Gasteiger partial charge in [-0.1, -0.05) is 21.3 Å².